The van der Waals surface area contributed by atoms with Crippen molar-refractivity contribution in [2.75, 3.05) is 38.2 Å². The number of hydrogen-bond donors (Lipinski definition) is 0. The standard InChI is InChI=1S/C16H16BrFN4O2/c1-24-14-4-5-19-16(20-14)22-8-6-21(7-9-22)15(23)12-3-2-11(17)10-13(12)18/h2-5,10H,6-9H2,1H3. The van der Waals surface area contributed by atoms with Gasteiger partial charge in [-0.25, -0.2) is 9.37 Å². The van der Waals surface area contributed by atoms with Gasteiger partial charge in [-0.05, 0) is 18.2 Å². The van der Waals surface area contributed by atoms with Crippen LogP contribution < -0.4 is 9.64 Å². The fourth-order valence-corrected chi connectivity index (χ4v) is 2.87. The van der Waals surface area contributed by atoms with Gasteiger partial charge >= 0.3 is 0 Å². The first kappa shape index (κ1) is 16.6. The Balaban J connectivity index is 1.67. The first-order chi connectivity index (χ1) is 11.6. The molecule has 1 aliphatic rings. The first-order valence-electron chi connectivity index (χ1n) is 7.45. The molecule has 1 aliphatic heterocycles. The van der Waals surface area contributed by atoms with Crippen LogP contribution in [-0.4, -0.2) is 54.1 Å². The van der Waals surface area contributed by atoms with Gasteiger partial charge in [0.2, 0.25) is 11.8 Å². The number of piperazine rings is 1. The fourth-order valence-electron chi connectivity index (χ4n) is 2.54. The lowest BCUT2D eigenvalue weighted by Gasteiger charge is -2.34. The van der Waals surface area contributed by atoms with Crippen molar-refractivity contribution in [1.29, 1.82) is 0 Å². The van der Waals surface area contributed by atoms with E-state index in [1.165, 1.54) is 12.1 Å². The van der Waals surface area contributed by atoms with Crippen LogP contribution in [0, 0.1) is 5.82 Å². The topological polar surface area (TPSA) is 58.6 Å². The molecule has 0 N–H and O–H groups in total. The van der Waals surface area contributed by atoms with E-state index >= 15 is 0 Å². The Bertz CT molecular complexity index is 751. The molecule has 1 saturated heterocycles. The van der Waals surface area contributed by atoms with Gasteiger partial charge in [-0.3, -0.25) is 4.79 Å². The molecule has 0 saturated carbocycles. The van der Waals surface area contributed by atoms with E-state index in [0.29, 0.717) is 42.5 Å². The molecular weight excluding hydrogens is 379 g/mol. The normalized spacial score (nSPS) is 14.6. The van der Waals surface area contributed by atoms with Gasteiger partial charge in [-0.2, -0.15) is 4.98 Å². The van der Waals surface area contributed by atoms with E-state index < -0.39 is 5.82 Å². The summed E-state index contributed by atoms with van der Waals surface area (Å²) in [4.78, 5) is 24.6. The van der Waals surface area contributed by atoms with Gasteiger partial charge in [0.1, 0.15) is 5.82 Å². The molecule has 126 valence electrons. The number of carbonyl (C=O) groups is 1. The lowest BCUT2D eigenvalue weighted by molar-refractivity contribution is 0.0741. The second kappa shape index (κ2) is 7.12. The number of halogens is 2. The molecule has 1 fully saturated rings. The number of amides is 1. The summed E-state index contributed by atoms with van der Waals surface area (Å²) in [6, 6.07) is 6.14. The van der Waals surface area contributed by atoms with E-state index in [-0.39, 0.29) is 11.5 Å². The highest BCUT2D eigenvalue weighted by Gasteiger charge is 2.25. The summed E-state index contributed by atoms with van der Waals surface area (Å²) < 4.78 is 19.7. The lowest BCUT2D eigenvalue weighted by atomic mass is 10.1. The van der Waals surface area contributed by atoms with Crippen LogP contribution in [0.3, 0.4) is 0 Å². The monoisotopic (exact) mass is 394 g/mol. The van der Waals surface area contributed by atoms with Crippen LogP contribution in [0.15, 0.2) is 34.9 Å². The molecule has 0 spiro atoms. The number of benzene rings is 1. The maximum Gasteiger partial charge on any atom is 0.256 e. The number of ether oxygens (including phenoxy) is 1. The Hall–Kier alpha value is -2.22. The molecule has 2 heterocycles. The number of carbonyl (C=O) groups excluding carboxylic acids is 1. The third-order valence-corrected chi connectivity index (χ3v) is 4.33. The molecule has 8 heteroatoms. The van der Waals surface area contributed by atoms with Crippen molar-refractivity contribution in [2.45, 2.75) is 0 Å². The van der Waals surface area contributed by atoms with Gasteiger partial charge in [-0.1, -0.05) is 15.9 Å². The number of methoxy groups -OCH3 is 1. The molecule has 1 aromatic heterocycles. The predicted octanol–water partition coefficient (Wildman–Crippen LogP) is 2.35. The van der Waals surface area contributed by atoms with E-state index in [1.807, 2.05) is 4.90 Å². The molecule has 0 bridgehead atoms. The van der Waals surface area contributed by atoms with Crippen molar-refractivity contribution in [1.82, 2.24) is 14.9 Å². The second-order valence-electron chi connectivity index (χ2n) is 5.30. The first-order valence-corrected chi connectivity index (χ1v) is 8.24. The van der Waals surface area contributed by atoms with Crippen LogP contribution in [0.5, 0.6) is 5.88 Å². The SMILES string of the molecule is COc1ccnc(N2CCN(C(=O)c3ccc(Br)cc3F)CC2)n1. The molecule has 1 amide bonds. The van der Waals surface area contributed by atoms with Crippen LogP contribution in [0.1, 0.15) is 10.4 Å². The Labute approximate surface area is 147 Å². The molecule has 3 rings (SSSR count). The number of anilines is 1. The molecule has 0 aliphatic carbocycles. The fraction of sp³-hybridized carbons (Fsp3) is 0.312. The molecule has 2 aromatic rings. The quantitative estimate of drug-likeness (QED) is 0.799. The highest BCUT2D eigenvalue weighted by Crippen LogP contribution is 2.19. The summed E-state index contributed by atoms with van der Waals surface area (Å²) in [7, 11) is 1.55. The van der Waals surface area contributed by atoms with E-state index in [9.17, 15) is 9.18 Å². The summed E-state index contributed by atoms with van der Waals surface area (Å²) in [5, 5.41) is 0. The number of rotatable bonds is 3. The molecule has 0 unspecified atom stereocenters. The smallest absolute Gasteiger partial charge is 0.256 e. The van der Waals surface area contributed by atoms with Crippen molar-refractivity contribution in [2.24, 2.45) is 0 Å². The van der Waals surface area contributed by atoms with Crippen molar-refractivity contribution in [3.05, 3.63) is 46.3 Å². The van der Waals surface area contributed by atoms with Crippen molar-refractivity contribution >= 4 is 27.8 Å². The highest BCUT2D eigenvalue weighted by molar-refractivity contribution is 9.10. The minimum absolute atomic E-state index is 0.0873. The largest absolute Gasteiger partial charge is 0.481 e. The van der Waals surface area contributed by atoms with Crippen molar-refractivity contribution < 1.29 is 13.9 Å². The van der Waals surface area contributed by atoms with Crippen LogP contribution >= 0.6 is 15.9 Å². The molecule has 24 heavy (non-hydrogen) atoms. The zero-order valence-corrected chi connectivity index (χ0v) is 14.7. The Morgan fingerprint density at radius 2 is 2.00 bits per heavy atom. The third-order valence-electron chi connectivity index (χ3n) is 3.84. The second-order valence-corrected chi connectivity index (χ2v) is 6.22. The van der Waals surface area contributed by atoms with Gasteiger partial charge < -0.3 is 14.5 Å². The van der Waals surface area contributed by atoms with Gasteiger partial charge in [0.15, 0.2) is 0 Å². The Kier molecular flexibility index (Phi) is 4.94. The van der Waals surface area contributed by atoms with Crippen LogP contribution in [0.4, 0.5) is 10.3 Å². The maximum atomic E-state index is 14.0. The molecule has 0 radical (unpaired) electrons. The number of aromatic nitrogens is 2. The molecule has 1 aromatic carbocycles. The van der Waals surface area contributed by atoms with E-state index in [4.69, 9.17) is 4.74 Å². The predicted molar refractivity (Wildman–Crippen MR) is 90.8 cm³/mol. The minimum Gasteiger partial charge on any atom is -0.481 e. The summed E-state index contributed by atoms with van der Waals surface area (Å²) in [6.07, 6.45) is 1.63. The highest BCUT2D eigenvalue weighted by atomic mass is 79.9. The number of nitrogens with zero attached hydrogens (tertiary/aromatic N) is 4. The van der Waals surface area contributed by atoms with Gasteiger partial charge in [0.05, 0.1) is 12.7 Å². The van der Waals surface area contributed by atoms with E-state index in [1.54, 1.807) is 30.3 Å². The van der Waals surface area contributed by atoms with Crippen LogP contribution in [0.25, 0.3) is 0 Å². The summed E-state index contributed by atoms with van der Waals surface area (Å²) in [5.41, 5.74) is 0.0873. The lowest BCUT2D eigenvalue weighted by Crippen LogP contribution is -2.49. The average molecular weight is 395 g/mol. The van der Waals surface area contributed by atoms with Crippen LogP contribution in [0.2, 0.25) is 0 Å². The number of hydrogen-bond acceptors (Lipinski definition) is 5. The van der Waals surface area contributed by atoms with E-state index in [0.717, 1.165) is 0 Å². The summed E-state index contributed by atoms with van der Waals surface area (Å²) in [5.74, 6) is 0.242. The Morgan fingerprint density at radius 1 is 1.25 bits per heavy atom. The zero-order chi connectivity index (χ0) is 17.1. The molecular formula is C16H16BrFN4O2. The van der Waals surface area contributed by atoms with Crippen LogP contribution in [-0.2, 0) is 0 Å². The summed E-state index contributed by atoms with van der Waals surface area (Å²) in [6.45, 7) is 2.12. The van der Waals surface area contributed by atoms with Crippen molar-refractivity contribution in [3.63, 3.8) is 0 Å². The molecule has 6 nitrogen and oxygen atoms in total. The molecule has 0 atom stereocenters. The van der Waals surface area contributed by atoms with Crippen molar-refractivity contribution in [3.8, 4) is 5.88 Å². The third kappa shape index (κ3) is 3.48. The zero-order valence-electron chi connectivity index (χ0n) is 13.1. The van der Waals surface area contributed by atoms with Gasteiger partial charge in [0.25, 0.3) is 5.91 Å². The summed E-state index contributed by atoms with van der Waals surface area (Å²) >= 11 is 3.19. The van der Waals surface area contributed by atoms with Gasteiger partial charge in [0, 0.05) is 42.9 Å². The average Bonchev–Trinajstić information content (AvgIpc) is 2.61. The minimum atomic E-state index is -0.520. The maximum absolute atomic E-state index is 14.0. The van der Waals surface area contributed by atoms with E-state index in [2.05, 4.69) is 25.9 Å². The Morgan fingerprint density at radius 3 is 2.67 bits per heavy atom. The van der Waals surface area contributed by atoms with Gasteiger partial charge in [-0.15, -0.1) is 0 Å².